The Bertz CT molecular complexity index is 926. The number of halogens is 2. The van der Waals surface area contributed by atoms with E-state index in [4.69, 9.17) is 9.47 Å². The first-order valence-electron chi connectivity index (χ1n) is 14.3. The number of allylic oxidation sites excluding steroid dienone is 3. The molecule has 4 N–H and O–H groups in total. The Morgan fingerprint density at radius 2 is 1.97 bits per heavy atom. The molecule has 1 saturated heterocycles. The summed E-state index contributed by atoms with van der Waals surface area (Å²) in [6.45, 7) is 7.07. The van der Waals surface area contributed by atoms with E-state index in [1.165, 1.54) is 26.2 Å². The van der Waals surface area contributed by atoms with Gasteiger partial charge < -0.3 is 35.4 Å². The highest BCUT2D eigenvalue weighted by Gasteiger charge is 2.31. The molecule has 1 aliphatic carbocycles. The lowest BCUT2D eigenvalue weighted by Gasteiger charge is -2.29. The average Bonchev–Trinajstić information content (AvgIpc) is 3.71. The number of ether oxygens (including phenoxy) is 2. The van der Waals surface area contributed by atoms with Crippen molar-refractivity contribution in [2.75, 3.05) is 26.2 Å². The van der Waals surface area contributed by atoms with Gasteiger partial charge in [-0.3, -0.25) is 4.79 Å². The molecule has 1 amide bonds. The Kier molecular flexibility index (Phi) is 12.1. The molecule has 0 aromatic carbocycles. The first kappa shape index (κ1) is 30.9. The molecule has 3 aliphatic rings. The van der Waals surface area contributed by atoms with Gasteiger partial charge in [0.1, 0.15) is 24.2 Å². The third-order valence-corrected chi connectivity index (χ3v) is 7.47. The van der Waals surface area contributed by atoms with E-state index < -0.39 is 18.6 Å². The molecule has 0 aromatic heterocycles. The fourth-order valence-electron chi connectivity index (χ4n) is 5.12. The summed E-state index contributed by atoms with van der Waals surface area (Å²) in [6, 6.07) is 0.0202. The van der Waals surface area contributed by atoms with Gasteiger partial charge in [-0.05, 0) is 71.2 Å². The lowest BCUT2D eigenvalue weighted by molar-refractivity contribution is -0.120. The number of amides is 1. The van der Waals surface area contributed by atoms with E-state index in [0.29, 0.717) is 18.7 Å². The number of nitrogens with zero attached hydrogens (tertiary/aromatic N) is 1. The van der Waals surface area contributed by atoms with Gasteiger partial charge in [-0.2, -0.15) is 8.78 Å². The van der Waals surface area contributed by atoms with Crippen LogP contribution in [0.3, 0.4) is 0 Å². The van der Waals surface area contributed by atoms with Crippen molar-refractivity contribution in [1.29, 1.82) is 0 Å². The Hall–Kier alpha value is -2.59. The number of aliphatic hydroxyl groups excluding tert-OH is 1. The number of likely N-dealkylation sites (tertiary alicyclic amines) is 1. The molecule has 2 aliphatic heterocycles. The zero-order valence-electron chi connectivity index (χ0n) is 23.7. The third-order valence-electron chi connectivity index (χ3n) is 7.47. The van der Waals surface area contributed by atoms with E-state index >= 15 is 0 Å². The maximum absolute atomic E-state index is 13.4. The van der Waals surface area contributed by atoms with Crippen molar-refractivity contribution in [1.82, 2.24) is 20.9 Å². The van der Waals surface area contributed by atoms with E-state index in [-0.39, 0.29) is 41.8 Å². The molecule has 0 spiro atoms. The molecule has 0 bridgehead atoms. The van der Waals surface area contributed by atoms with Gasteiger partial charge in [0.05, 0.1) is 5.57 Å². The van der Waals surface area contributed by atoms with Crippen molar-refractivity contribution < 1.29 is 28.2 Å². The first-order valence-corrected chi connectivity index (χ1v) is 14.3. The molecule has 0 radical (unpaired) electrons. The Morgan fingerprint density at radius 3 is 2.62 bits per heavy atom. The second kappa shape index (κ2) is 15.3. The summed E-state index contributed by atoms with van der Waals surface area (Å²) in [6.07, 6.45) is 12.7. The summed E-state index contributed by atoms with van der Waals surface area (Å²) in [4.78, 5) is 14.9. The predicted octanol–water partition coefficient (Wildman–Crippen LogP) is 4.12. The van der Waals surface area contributed by atoms with Crippen LogP contribution in [0.5, 0.6) is 0 Å². The SMILES string of the molecule is CC[C@H](/C1=C/N[C@H](C)/C=C(/OCC(O)CN2CCCCC2)C=CN1)[C@@H](C)/C(OC(F)F)=C(\C)C(=O)NC1CC1. The topological polar surface area (TPSA) is 95.1 Å². The van der Waals surface area contributed by atoms with Crippen LogP contribution in [0.4, 0.5) is 8.78 Å². The van der Waals surface area contributed by atoms with E-state index in [0.717, 1.165) is 31.6 Å². The zero-order chi connectivity index (χ0) is 28.4. The van der Waals surface area contributed by atoms with Gasteiger partial charge in [0.15, 0.2) is 0 Å². The standard InChI is InChI=1S/C29H46F2N4O4/c1-5-25(20(3)27(39-29(30)31)21(4)28(37)34-22-9-10-22)26-16-33-19(2)15-24(11-12-32-26)38-18-23(36)17-35-13-7-6-8-14-35/h11-12,15-16,19-20,22-23,25,29,32-33,36H,5-10,13-14,17-18H2,1-4H3,(H,34,37)/b12-11?,24-15+,26-16-,27-21-/t19-,20-,23?,25+/m1/s1. The summed E-state index contributed by atoms with van der Waals surface area (Å²) in [5.74, 6) is -0.482. The molecule has 4 atom stereocenters. The Labute approximate surface area is 231 Å². The number of carbonyl (C=O) groups excluding carboxylic acids is 1. The number of β-amino-alcohol motifs (C(OH)–C–C–N with tert-alkyl or cyclic N) is 1. The number of alkyl halides is 2. The Morgan fingerprint density at radius 1 is 1.26 bits per heavy atom. The summed E-state index contributed by atoms with van der Waals surface area (Å²) < 4.78 is 37.7. The summed E-state index contributed by atoms with van der Waals surface area (Å²) in [5, 5.41) is 19.9. The lowest BCUT2D eigenvalue weighted by Crippen LogP contribution is -2.38. The van der Waals surface area contributed by atoms with E-state index in [2.05, 4.69) is 20.9 Å². The highest BCUT2D eigenvalue weighted by molar-refractivity contribution is 5.93. The van der Waals surface area contributed by atoms with Crippen LogP contribution in [0.1, 0.15) is 66.2 Å². The highest BCUT2D eigenvalue weighted by atomic mass is 19.3. The number of hydrogen-bond donors (Lipinski definition) is 4. The number of nitrogens with one attached hydrogen (secondary N) is 3. The summed E-state index contributed by atoms with van der Waals surface area (Å²) in [5.41, 5.74) is 0.952. The highest BCUT2D eigenvalue weighted by Crippen LogP contribution is 2.33. The van der Waals surface area contributed by atoms with Crippen LogP contribution in [0.25, 0.3) is 0 Å². The lowest BCUT2D eigenvalue weighted by atomic mass is 9.85. The van der Waals surface area contributed by atoms with Gasteiger partial charge in [-0.15, -0.1) is 0 Å². The molecule has 2 fully saturated rings. The van der Waals surface area contributed by atoms with Crippen molar-refractivity contribution in [3.8, 4) is 0 Å². The normalized spacial score (nSPS) is 26.1. The number of piperidine rings is 1. The molecule has 1 saturated carbocycles. The van der Waals surface area contributed by atoms with Gasteiger partial charge in [0, 0.05) is 48.6 Å². The summed E-state index contributed by atoms with van der Waals surface area (Å²) >= 11 is 0. The molecular weight excluding hydrogens is 506 g/mol. The number of aliphatic hydroxyl groups is 1. The van der Waals surface area contributed by atoms with Crippen molar-refractivity contribution in [2.45, 2.75) is 91.0 Å². The quantitative estimate of drug-likeness (QED) is 0.202. The smallest absolute Gasteiger partial charge is 0.387 e. The van der Waals surface area contributed by atoms with Crippen LogP contribution in [0.15, 0.2) is 47.3 Å². The molecule has 2 heterocycles. The van der Waals surface area contributed by atoms with Crippen molar-refractivity contribution in [2.24, 2.45) is 11.8 Å². The maximum atomic E-state index is 13.4. The van der Waals surface area contributed by atoms with Crippen molar-refractivity contribution in [3.63, 3.8) is 0 Å². The second-order valence-corrected chi connectivity index (χ2v) is 10.8. The minimum absolute atomic E-state index is 0.000518. The molecular formula is C29H46F2N4O4. The molecule has 1 unspecified atom stereocenters. The number of carbonyl (C=O) groups is 1. The van der Waals surface area contributed by atoms with Gasteiger partial charge >= 0.3 is 6.61 Å². The minimum Gasteiger partial charge on any atom is -0.491 e. The fourth-order valence-corrected chi connectivity index (χ4v) is 5.12. The van der Waals surface area contributed by atoms with E-state index in [1.54, 1.807) is 19.2 Å². The zero-order valence-corrected chi connectivity index (χ0v) is 23.7. The van der Waals surface area contributed by atoms with Crippen LogP contribution in [-0.2, 0) is 14.3 Å². The van der Waals surface area contributed by atoms with Gasteiger partial charge in [0.2, 0.25) is 0 Å². The number of hydrogen-bond acceptors (Lipinski definition) is 7. The third kappa shape index (κ3) is 10.1. The molecule has 3 rings (SSSR count). The van der Waals surface area contributed by atoms with E-state index in [1.807, 2.05) is 26.1 Å². The Balaban J connectivity index is 1.66. The molecule has 220 valence electrons. The van der Waals surface area contributed by atoms with Crippen LogP contribution >= 0.6 is 0 Å². The predicted molar refractivity (Wildman–Crippen MR) is 147 cm³/mol. The molecule has 0 aromatic rings. The maximum Gasteiger partial charge on any atom is 0.387 e. The number of rotatable bonds is 13. The van der Waals surface area contributed by atoms with Gasteiger partial charge in [-0.1, -0.05) is 20.3 Å². The van der Waals surface area contributed by atoms with Crippen LogP contribution in [0, 0.1) is 11.8 Å². The molecule has 8 nitrogen and oxygen atoms in total. The van der Waals surface area contributed by atoms with Crippen LogP contribution in [-0.4, -0.2) is 67.0 Å². The van der Waals surface area contributed by atoms with Crippen LogP contribution in [0.2, 0.25) is 0 Å². The van der Waals surface area contributed by atoms with Gasteiger partial charge in [0.25, 0.3) is 5.91 Å². The average molecular weight is 553 g/mol. The first-order chi connectivity index (χ1) is 18.7. The minimum atomic E-state index is -3.03. The largest absolute Gasteiger partial charge is 0.491 e. The summed E-state index contributed by atoms with van der Waals surface area (Å²) in [7, 11) is 0. The van der Waals surface area contributed by atoms with E-state index in [9.17, 15) is 18.7 Å². The second-order valence-electron chi connectivity index (χ2n) is 10.8. The van der Waals surface area contributed by atoms with Gasteiger partial charge in [-0.25, -0.2) is 0 Å². The molecule has 39 heavy (non-hydrogen) atoms. The van der Waals surface area contributed by atoms with Crippen LogP contribution < -0.4 is 16.0 Å². The molecule has 10 heteroatoms. The van der Waals surface area contributed by atoms with Crippen molar-refractivity contribution >= 4 is 5.91 Å². The monoisotopic (exact) mass is 552 g/mol. The van der Waals surface area contributed by atoms with Crippen molar-refractivity contribution in [3.05, 3.63) is 47.3 Å². The fraction of sp³-hybridized carbons (Fsp3) is 0.690.